The van der Waals surface area contributed by atoms with Crippen LogP contribution < -0.4 is 10.1 Å². The van der Waals surface area contributed by atoms with Crippen LogP contribution in [-0.2, 0) is 11.3 Å². The first-order valence-corrected chi connectivity index (χ1v) is 10.6. The number of thioether (sulfide) groups is 1. The zero-order chi connectivity index (χ0) is 20.2. The van der Waals surface area contributed by atoms with Gasteiger partial charge < -0.3 is 14.5 Å². The number of methoxy groups -OCH3 is 1. The number of amides is 1. The smallest absolute Gasteiger partial charge is 0.230 e. The number of nitrogens with zero attached hydrogens (tertiary/aromatic N) is 3. The molecule has 0 aliphatic heterocycles. The number of fused-ring (bicyclic) bond motifs is 1. The van der Waals surface area contributed by atoms with Crippen LogP contribution in [0.1, 0.15) is 10.8 Å². The fourth-order valence-electron chi connectivity index (χ4n) is 2.72. The van der Waals surface area contributed by atoms with Crippen LogP contribution in [-0.4, -0.2) is 33.7 Å². The van der Waals surface area contributed by atoms with Crippen LogP contribution in [0.4, 0.5) is 0 Å². The number of ether oxygens (including phenoxy) is 1. The van der Waals surface area contributed by atoms with Gasteiger partial charge in [-0.05, 0) is 31.2 Å². The van der Waals surface area contributed by atoms with Crippen LogP contribution in [0.5, 0.6) is 5.75 Å². The molecule has 0 bridgehead atoms. The van der Waals surface area contributed by atoms with Crippen molar-refractivity contribution in [2.45, 2.75) is 18.6 Å². The van der Waals surface area contributed by atoms with Crippen molar-refractivity contribution in [1.29, 1.82) is 0 Å². The molecule has 0 radical (unpaired) electrons. The van der Waals surface area contributed by atoms with Gasteiger partial charge >= 0.3 is 0 Å². The number of nitrogens with one attached hydrogen (secondary N) is 1. The molecule has 148 valence electrons. The third kappa shape index (κ3) is 4.57. The summed E-state index contributed by atoms with van der Waals surface area (Å²) in [4.78, 5) is 26.8. The topological polar surface area (TPSA) is 90.1 Å². The standard InChI is InChI=1S/C20H18N4O3S2/c1-12-22-18-17(13-5-3-6-14(9-13)26-2)23-20(24-19(18)29-12)28-11-16(25)21-10-15-7-4-8-27-15/h3-9H,10-11H2,1-2H3,(H,21,25). The van der Waals surface area contributed by atoms with E-state index in [9.17, 15) is 4.79 Å². The number of hydrogen-bond donors (Lipinski definition) is 1. The molecule has 1 N–H and O–H groups in total. The minimum atomic E-state index is -0.112. The van der Waals surface area contributed by atoms with Crippen molar-refractivity contribution >= 4 is 39.4 Å². The molecule has 7 nitrogen and oxygen atoms in total. The van der Waals surface area contributed by atoms with Gasteiger partial charge in [-0.1, -0.05) is 35.2 Å². The Hall–Kier alpha value is -2.91. The second-order valence-corrected chi connectivity index (χ2v) is 8.24. The summed E-state index contributed by atoms with van der Waals surface area (Å²) in [7, 11) is 1.63. The Kier molecular flexibility index (Phi) is 5.77. The van der Waals surface area contributed by atoms with Crippen molar-refractivity contribution in [3.8, 4) is 17.0 Å². The molecule has 1 aromatic carbocycles. The summed E-state index contributed by atoms with van der Waals surface area (Å²) in [5.74, 6) is 1.55. The number of furan rings is 1. The molecule has 0 aliphatic rings. The first kappa shape index (κ1) is 19.4. The minimum Gasteiger partial charge on any atom is -0.497 e. The maximum Gasteiger partial charge on any atom is 0.230 e. The van der Waals surface area contributed by atoms with Crippen molar-refractivity contribution in [3.63, 3.8) is 0 Å². The number of hydrogen-bond acceptors (Lipinski definition) is 8. The van der Waals surface area contributed by atoms with E-state index in [2.05, 4.69) is 20.3 Å². The van der Waals surface area contributed by atoms with Gasteiger partial charge in [0.2, 0.25) is 5.91 Å². The number of thiazole rings is 1. The summed E-state index contributed by atoms with van der Waals surface area (Å²) in [5.41, 5.74) is 2.38. The zero-order valence-corrected chi connectivity index (χ0v) is 17.5. The zero-order valence-electron chi connectivity index (χ0n) is 15.8. The molecule has 0 unspecified atom stereocenters. The maximum absolute atomic E-state index is 12.2. The molecule has 0 atom stereocenters. The third-order valence-corrected chi connectivity index (χ3v) is 5.77. The highest BCUT2D eigenvalue weighted by Crippen LogP contribution is 2.32. The lowest BCUT2D eigenvalue weighted by Crippen LogP contribution is -2.24. The van der Waals surface area contributed by atoms with Gasteiger partial charge in [-0.25, -0.2) is 15.0 Å². The highest BCUT2D eigenvalue weighted by atomic mass is 32.2. The minimum absolute atomic E-state index is 0.112. The quantitative estimate of drug-likeness (QED) is 0.352. The van der Waals surface area contributed by atoms with Gasteiger partial charge in [-0.2, -0.15) is 0 Å². The molecule has 0 saturated heterocycles. The van der Waals surface area contributed by atoms with Gasteiger partial charge in [0.25, 0.3) is 0 Å². The number of carbonyl (C=O) groups excluding carboxylic acids is 1. The van der Waals surface area contributed by atoms with Gasteiger partial charge in [0, 0.05) is 5.56 Å². The van der Waals surface area contributed by atoms with Crippen LogP contribution in [0, 0.1) is 6.92 Å². The van der Waals surface area contributed by atoms with Gasteiger partial charge in [-0.3, -0.25) is 4.79 Å². The van der Waals surface area contributed by atoms with Crippen LogP contribution >= 0.6 is 23.1 Å². The van der Waals surface area contributed by atoms with E-state index in [1.807, 2.05) is 37.3 Å². The van der Waals surface area contributed by atoms with E-state index >= 15 is 0 Å². The largest absolute Gasteiger partial charge is 0.497 e. The molecule has 0 saturated carbocycles. The van der Waals surface area contributed by atoms with Crippen molar-refractivity contribution in [3.05, 3.63) is 53.4 Å². The monoisotopic (exact) mass is 426 g/mol. The number of rotatable bonds is 7. The van der Waals surface area contributed by atoms with Gasteiger partial charge in [0.05, 0.1) is 30.7 Å². The lowest BCUT2D eigenvalue weighted by Gasteiger charge is -2.07. The predicted octanol–water partition coefficient (Wildman–Crippen LogP) is 4.07. The van der Waals surface area contributed by atoms with Crippen molar-refractivity contribution in [1.82, 2.24) is 20.3 Å². The lowest BCUT2D eigenvalue weighted by molar-refractivity contribution is -0.118. The van der Waals surface area contributed by atoms with E-state index in [0.29, 0.717) is 17.5 Å². The Morgan fingerprint density at radius 1 is 1.24 bits per heavy atom. The molecule has 1 amide bonds. The molecule has 9 heteroatoms. The molecule has 4 aromatic rings. The van der Waals surface area contributed by atoms with E-state index in [4.69, 9.17) is 9.15 Å². The van der Waals surface area contributed by atoms with Gasteiger partial charge in [0.1, 0.15) is 27.6 Å². The number of aryl methyl sites for hydroxylation is 1. The van der Waals surface area contributed by atoms with E-state index in [1.165, 1.54) is 23.1 Å². The second-order valence-electron chi connectivity index (χ2n) is 6.12. The normalized spacial score (nSPS) is 11.0. The Bertz CT molecular complexity index is 1140. The summed E-state index contributed by atoms with van der Waals surface area (Å²) < 4.78 is 10.6. The highest BCUT2D eigenvalue weighted by Gasteiger charge is 2.16. The van der Waals surface area contributed by atoms with Crippen LogP contribution in [0.3, 0.4) is 0 Å². The molecular weight excluding hydrogens is 408 g/mol. The fourth-order valence-corrected chi connectivity index (χ4v) is 4.24. The van der Waals surface area contributed by atoms with Crippen LogP contribution in [0.25, 0.3) is 21.6 Å². The van der Waals surface area contributed by atoms with E-state index < -0.39 is 0 Å². The Balaban J connectivity index is 1.55. The summed E-state index contributed by atoms with van der Waals surface area (Å²) in [6, 6.07) is 11.3. The fraction of sp³-hybridized carbons (Fsp3) is 0.200. The first-order valence-electron chi connectivity index (χ1n) is 8.84. The molecule has 3 aromatic heterocycles. The number of benzene rings is 1. The maximum atomic E-state index is 12.2. The second kappa shape index (κ2) is 8.62. The Morgan fingerprint density at radius 2 is 2.14 bits per heavy atom. The van der Waals surface area contributed by atoms with E-state index in [0.717, 1.165) is 32.4 Å². The molecule has 0 fully saturated rings. The molecular formula is C20H18N4O3S2. The molecule has 3 heterocycles. The Morgan fingerprint density at radius 3 is 2.93 bits per heavy atom. The summed E-state index contributed by atoms with van der Waals surface area (Å²) >= 11 is 2.80. The highest BCUT2D eigenvalue weighted by molar-refractivity contribution is 7.99. The number of carbonyl (C=O) groups is 1. The van der Waals surface area contributed by atoms with Crippen LogP contribution in [0.15, 0.2) is 52.2 Å². The van der Waals surface area contributed by atoms with Gasteiger partial charge in [-0.15, -0.1) is 0 Å². The molecule has 0 aliphatic carbocycles. The van der Waals surface area contributed by atoms with Crippen molar-refractivity contribution in [2.24, 2.45) is 0 Å². The summed E-state index contributed by atoms with van der Waals surface area (Å²) in [6.45, 7) is 2.30. The first-order chi connectivity index (χ1) is 14.1. The third-order valence-electron chi connectivity index (χ3n) is 4.06. The number of aromatic nitrogens is 3. The van der Waals surface area contributed by atoms with E-state index in [-0.39, 0.29) is 11.7 Å². The molecule has 0 spiro atoms. The predicted molar refractivity (Wildman–Crippen MR) is 113 cm³/mol. The molecule has 4 rings (SSSR count). The SMILES string of the molecule is COc1cccc(-c2nc(SCC(=O)NCc3ccco3)nc3sc(C)nc23)c1. The Labute approximate surface area is 175 Å². The van der Waals surface area contributed by atoms with Crippen molar-refractivity contribution < 1.29 is 13.9 Å². The van der Waals surface area contributed by atoms with Gasteiger partial charge in [0.15, 0.2) is 5.16 Å². The van der Waals surface area contributed by atoms with Crippen LogP contribution in [0.2, 0.25) is 0 Å². The summed E-state index contributed by atoms with van der Waals surface area (Å²) in [6.07, 6.45) is 1.58. The van der Waals surface area contributed by atoms with E-state index in [1.54, 1.807) is 19.4 Å². The van der Waals surface area contributed by atoms with Crippen molar-refractivity contribution in [2.75, 3.05) is 12.9 Å². The average molecular weight is 427 g/mol. The lowest BCUT2D eigenvalue weighted by atomic mass is 10.1. The summed E-state index contributed by atoms with van der Waals surface area (Å²) in [5, 5.41) is 4.27. The molecule has 29 heavy (non-hydrogen) atoms. The average Bonchev–Trinajstić information content (AvgIpc) is 3.38.